The molecule has 6 heteroatoms. The van der Waals surface area contributed by atoms with Gasteiger partial charge in [0.05, 0.1) is 0 Å². The molecule has 0 aromatic heterocycles. The molecule has 2 fully saturated rings. The van der Waals surface area contributed by atoms with Crippen LogP contribution in [0, 0.1) is 5.92 Å². The van der Waals surface area contributed by atoms with E-state index < -0.39 is 0 Å². The predicted octanol–water partition coefficient (Wildman–Crippen LogP) is 2.36. The van der Waals surface area contributed by atoms with Gasteiger partial charge in [0.15, 0.2) is 5.96 Å². The van der Waals surface area contributed by atoms with Crippen LogP contribution in [0.5, 0.6) is 0 Å². The number of nitrogens with one attached hydrogen (secondary N) is 2. The molecule has 0 bridgehead atoms. The summed E-state index contributed by atoms with van der Waals surface area (Å²) in [6, 6.07) is 0.334. The number of nitrogens with zero attached hydrogens (tertiary/aromatic N) is 2. The van der Waals surface area contributed by atoms with Crippen molar-refractivity contribution in [3.8, 4) is 0 Å². The Hall–Kier alpha value is -0.530. The van der Waals surface area contributed by atoms with E-state index in [4.69, 9.17) is 0 Å². The average molecular weight is 422 g/mol. The fraction of sp³-hybridized carbons (Fsp3) is 0.875. The summed E-state index contributed by atoms with van der Waals surface area (Å²) in [6.45, 7) is 4.78. The standard InChI is InChI=1S/C16H30N4O.HI/c1-3-10-18-16(17-2)19-14-9-11-20(12-14)15(21)13-7-5-4-6-8-13;/h13-14H,3-12H2,1-2H3,(H2,17,18,19);1H. The van der Waals surface area contributed by atoms with Gasteiger partial charge in [0, 0.05) is 38.6 Å². The summed E-state index contributed by atoms with van der Waals surface area (Å²) in [7, 11) is 1.80. The highest BCUT2D eigenvalue weighted by atomic mass is 127. The Labute approximate surface area is 151 Å². The van der Waals surface area contributed by atoms with Crippen molar-refractivity contribution in [1.82, 2.24) is 15.5 Å². The van der Waals surface area contributed by atoms with E-state index in [1.54, 1.807) is 7.05 Å². The summed E-state index contributed by atoms with van der Waals surface area (Å²) in [5.41, 5.74) is 0. The third-order valence-corrected chi connectivity index (χ3v) is 4.56. The number of amides is 1. The molecule has 128 valence electrons. The molecule has 5 nitrogen and oxygen atoms in total. The van der Waals surface area contributed by atoms with E-state index in [1.807, 2.05) is 0 Å². The van der Waals surface area contributed by atoms with Crippen LogP contribution in [0.1, 0.15) is 51.9 Å². The van der Waals surface area contributed by atoms with Crippen LogP contribution >= 0.6 is 24.0 Å². The van der Waals surface area contributed by atoms with Crippen molar-refractivity contribution in [2.75, 3.05) is 26.7 Å². The zero-order valence-electron chi connectivity index (χ0n) is 13.9. The van der Waals surface area contributed by atoms with Gasteiger partial charge >= 0.3 is 0 Å². The average Bonchev–Trinajstić information content (AvgIpc) is 3.00. The maximum absolute atomic E-state index is 12.5. The van der Waals surface area contributed by atoms with Crippen LogP contribution in [0.4, 0.5) is 0 Å². The molecule has 1 unspecified atom stereocenters. The molecule has 22 heavy (non-hydrogen) atoms. The summed E-state index contributed by atoms with van der Waals surface area (Å²) in [6.07, 6.45) is 8.02. The zero-order chi connectivity index (χ0) is 15.1. The Morgan fingerprint density at radius 1 is 1.23 bits per heavy atom. The Bertz CT molecular complexity index is 369. The second kappa shape index (κ2) is 10.3. The van der Waals surface area contributed by atoms with Crippen molar-refractivity contribution in [3.63, 3.8) is 0 Å². The van der Waals surface area contributed by atoms with Gasteiger partial charge < -0.3 is 15.5 Å². The monoisotopic (exact) mass is 422 g/mol. The number of hydrogen-bond donors (Lipinski definition) is 2. The maximum Gasteiger partial charge on any atom is 0.225 e. The molecule has 1 heterocycles. The molecule has 1 aliphatic heterocycles. The molecule has 2 aliphatic rings. The zero-order valence-corrected chi connectivity index (χ0v) is 16.3. The normalized spacial score (nSPS) is 23.1. The Kier molecular flexibility index (Phi) is 9.12. The highest BCUT2D eigenvalue weighted by molar-refractivity contribution is 14.0. The first-order valence-corrected chi connectivity index (χ1v) is 8.50. The van der Waals surface area contributed by atoms with Crippen molar-refractivity contribution in [1.29, 1.82) is 0 Å². The highest BCUT2D eigenvalue weighted by Crippen LogP contribution is 2.26. The summed E-state index contributed by atoms with van der Waals surface area (Å²) in [5.74, 6) is 1.53. The molecule has 0 radical (unpaired) electrons. The molecule has 1 amide bonds. The number of aliphatic imine (C=N–C) groups is 1. The van der Waals surface area contributed by atoms with Gasteiger partial charge in [0.25, 0.3) is 0 Å². The Balaban J connectivity index is 0.00000242. The van der Waals surface area contributed by atoms with E-state index in [9.17, 15) is 4.79 Å². The van der Waals surface area contributed by atoms with Gasteiger partial charge in [-0.3, -0.25) is 9.79 Å². The van der Waals surface area contributed by atoms with Crippen LogP contribution in [-0.2, 0) is 4.79 Å². The van der Waals surface area contributed by atoms with E-state index in [-0.39, 0.29) is 29.9 Å². The number of carbonyl (C=O) groups excluding carboxylic acids is 1. The molecule has 1 saturated carbocycles. The van der Waals surface area contributed by atoms with Crippen LogP contribution in [0.25, 0.3) is 0 Å². The predicted molar refractivity (Wildman–Crippen MR) is 102 cm³/mol. The number of halogens is 1. The smallest absolute Gasteiger partial charge is 0.225 e. The molecular weight excluding hydrogens is 391 g/mol. The van der Waals surface area contributed by atoms with E-state index in [0.29, 0.717) is 11.9 Å². The van der Waals surface area contributed by atoms with Crippen molar-refractivity contribution < 1.29 is 4.79 Å². The lowest BCUT2D eigenvalue weighted by atomic mass is 9.88. The minimum absolute atomic E-state index is 0. The van der Waals surface area contributed by atoms with Crippen LogP contribution < -0.4 is 10.6 Å². The van der Waals surface area contributed by atoms with Crippen molar-refractivity contribution in [2.45, 2.75) is 57.9 Å². The van der Waals surface area contributed by atoms with Crippen molar-refractivity contribution >= 4 is 35.8 Å². The number of carbonyl (C=O) groups is 1. The molecular formula is C16H31IN4O. The third-order valence-electron chi connectivity index (χ3n) is 4.56. The van der Waals surface area contributed by atoms with Crippen LogP contribution in [0.15, 0.2) is 4.99 Å². The fourth-order valence-corrected chi connectivity index (χ4v) is 3.32. The fourth-order valence-electron chi connectivity index (χ4n) is 3.32. The molecule has 1 saturated heterocycles. The molecule has 1 atom stereocenters. The minimum Gasteiger partial charge on any atom is -0.356 e. The van der Waals surface area contributed by atoms with Crippen LogP contribution in [-0.4, -0.2) is 49.5 Å². The van der Waals surface area contributed by atoms with Crippen molar-refractivity contribution in [2.24, 2.45) is 10.9 Å². The van der Waals surface area contributed by atoms with E-state index in [1.165, 1.54) is 19.3 Å². The lowest BCUT2D eigenvalue weighted by Crippen LogP contribution is -2.45. The summed E-state index contributed by atoms with van der Waals surface area (Å²) in [4.78, 5) is 18.8. The summed E-state index contributed by atoms with van der Waals surface area (Å²) < 4.78 is 0. The second-order valence-electron chi connectivity index (χ2n) is 6.25. The number of rotatable bonds is 4. The maximum atomic E-state index is 12.5. The van der Waals surface area contributed by atoms with E-state index >= 15 is 0 Å². The van der Waals surface area contributed by atoms with Gasteiger partial charge in [-0.1, -0.05) is 26.2 Å². The van der Waals surface area contributed by atoms with Crippen LogP contribution in [0.2, 0.25) is 0 Å². The van der Waals surface area contributed by atoms with Crippen molar-refractivity contribution in [3.05, 3.63) is 0 Å². The third kappa shape index (κ3) is 5.59. The summed E-state index contributed by atoms with van der Waals surface area (Å²) >= 11 is 0. The molecule has 0 aromatic rings. The number of hydrogen-bond acceptors (Lipinski definition) is 2. The largest absolute Gasteiger partial charge is 0.356 e. The van der Waals surface area contributed by atoms with E-state index in [0.717, 1.165) is 51.3 Å². The second-order valence-corrected chi connectivity index (χ2v) is 6.25. The van der Waals surface area contributed by atoms with Gasteiger partial charge in [-0.2, -0.15) is 0 Å². The lowest BCUT2D eigenvalue weighted by Gasteiger charge is -2.26. The van der Waals surface area contributed by atoms with Gasteiger partial charge in [0.1, 0.15) is 0 Å². The molecule has 0 spiro atoms. The topological polar surface area (TPSA) is 56.7 Å². The quantitative estimate of drug-likeness (QED) is 0.416. The first-order valence-electron chi connectivity index (χ1n) is 8.50. The molecule has 0 aromatic carbocycles. The molecule has 1 aliphatic carbocycles. The van der Waals surface area contributed by atoms with Gasteiger partial charge in [0.2, 0.25) is 5.91 Å². The Morgan fingerprint density at radius 2 is 1.95 bits per heavy atom. The molecule has 2 N–H and O–H groups in total. The summed E-state index contributed by atoms with van der Waals surface area (Å²) in [5, 5.41) is 6.72. The van der Waals surface area contributed by atoms with Gasteiger partial charge in [-0.15, -0.1) is 24.0 Å². The number of likely N-dealkylation sites (tertiary alicyclic amines) is 1. The van der Waals surface area contributed by atoms with Crippen LogP contribution in [0.3, 0.4) is 0 Å². The first kappa shape index (κ1) is 19.5. The van der Waals surface area contributed by atoms with Gasteiger partial charge in [-0.25, -0.2) is 0 Å². The Morgan fingerprint density at radius 3 is 2.59 bits per heavy atom. The first-order chi connectivity index (χ1) is 10.2. The lowest BCUT2D eigenvalue weighted by molar-refractivity contribution is -0.135. The highest BCUT2D eigenvalue weighted by Gasteiger charge is 2.31. The van der Waals surface area contributed by atoms with E-state index in [2.05, 4.69) is 27.4 Å². The molecule has 2 rings (SSSR count). The SMILES string of the molecule is CCCNC(=NC)NC1CCN(C(=O)C2CCCCC2)C1.I. The number of guanidine groups is 1. The minimum atomic E-state index is 0. The van der Waals surface area contributed by atoms with Gasteiger partial charge in [-0.05, 0) is 25.7 Å².